The van der Waals surface area contributed by atoms with Gasteiger partial charge >= 0.3 is 0 Å². The smallest absolute Gasteiger partial charge is 0.253 e. The molecule has 0 spiro atoms. The maximum absolute atomic E-state index is 12.5. The lowest BCUT2D eigenvalue weighted by Crippen LogP contribution is -2.26. The summed E-state index contributed by atoms with van der Waals surface area (Å²) in [6.45, 7) is 3.70. The fourth-order valence-corrected chi connectivity index (χ4v) is 3.46. The molecule has 1 amide bonds. The Bertz CT molecular complexity index is 842. The van der Waals surface area contributed by atoms with Crippen LogP contribution in [0.5, 0.6) is 5.75 Å². The van der Waals surface area contributed by atoms with Crippen LogP contribution >= 0.6 is 0 Å². The predicted molar refractivity (Wildman–Crippen MR) is 97.6 cm³/mol. The molecule has 25 heavy (non-hydrogen) atoms. The monoisotopic (exact) mass is 361 g/mol. The lowest BCUT2D eigenvalue weighted by molar-refractivity contribution is 0.0785. The highest BCUT2D eigenvalue weighted by Crippen LogP contribution is 2.18. The normalized spacial score (nSPS) is 11.4. The average molecular weight is 361 g/mol. The van der Waals surface area contributed by atoms with Crippen molar-refractivity contribution in [2.45, 2.75) is 30.5 Å². The molecule has 0 radical (unpaired) electrons. The second-order valence-electron chi connectivity index (χ2n) is 6.13. The quantitative estimate of drug-likeness (QED) is 0.793. The van der Waals surface area contributed by atoms with Gasteiger partial charge in [-0.25, -0.2) is 8.42 Å². The average Bonchev–Trinajstić information content (AvgIpc) is 2.61. The molecule has 0 aliphatic carbocycles. The van der Waals surface area contributed by atoms with Crippen LogP contribution in [0.25, 0.3) is 0 Å². The molecule has 2 rings (SSSR count). The first-order valence-corrected chi connectivity index (χ1v) is 9.52. The fourth-order valence-electron chi connectivity index (χ4n) is 2.40. The van der Waals surface area contributed by atoms with Gasteiger partial charge in [0.05, 0.1) is 17.3 Å². The van der Waals surface area contributed by atoms with Crippen molar-refractivity contribution in [3.05, 3.63) is 59.7 Å². The summed E-state index contributed by atoms with van der Waals surface area (Å²) < 4.78 is 29.5. The van der Waals surface area contributed by atoms with Crippen LogP contribution in [0.15, 0.2) is 53.4 Å². The van der Waals surface area contributed by atoms with Crippen LogP contribution in [-0.2, 0) is 16.4 Å². The molecule has 0 saturated carbocycles. The van der Waals surface area contributed by atoms with E-state index >= 15 is 0 Å². The third kappa shape index (κ3) is 4.39. The van der Waals surface area contributed by atoms with Gasteiger partial charge < -0.3 is 9.64 Å². The van der Waals surface area contributed by atoms with E-state index in [-0.39, 0.29) is 10.8 Å². The molecule has 0 bridgehead atoms. The third-order valence-electron chi connectivity index (χ3n) is 3.95. The van der Waals surface area contributed by atoms with E-state index in [9.17, 15) is 13.2 Å². The Kier molecular flexibility index (Phi) is 5.85. The number of hydrogen-bond acceptors (Lipinski definition) is 4. The minimum absolute atomic E-state index is 0.170. The van der Waals surface area contributed by atoms with Crippen molar-refractivity contribution in [3.63, 3.8) is 0 Å². The van der Waals surface area contributed by atoms with Crippen LogP contribution in [0, 0.1) is 0 Å². The van der Waals surface area contributed by atoms with Crippen molar-refractivity contribution in [3.8, 4) is 5.75 Å². The molecular formula is C19H23NO4S. The Balaban J connectivity index is 2.14. The molecule has 0 saturated heterocycles. The summed E-state index contributed by atoms with van der Waals surface area (Å²) in [7, 11) is -0.0278. The number of amides is 1. The molecule has 0 heterocycles. The first-order valence-electron chi connectivity index (χ1n) is 7.98. The van der Waals surface area contributed by atoms with Crippen LogP contribution in [-0.4, -0.2) is 38.6 Å². The van der Waals surface area contributed by atoms with Gasteiger partial charge in [-0.05, 0) is 55.8 Å². The summed E-state index contributed by atoms with van der Waals surface area (Å²) in [6.07, 6.45) is 0. The van der Waals surface area contributed by atoms with Crippen molar-refractivity contribution in [2.24, 2.45) is 0 Å². The SMILES string of the molecule is COc1cccc(CN(C)C(=O)c2ccc(S(=O)(=O)C(C)C)cc2)c1. The number of rotatable bonds is 6. The number of methoxy groups -OCH3 is 1. The van der Waals surface area contributed by atoms with E-state index in [1.807, 2.05) is 24.3 Å². The number of carbonyl (C=O) groups excluding carboxylic acids is 1. The van der Waals surface area contributed by atoms with E-state index in [0.29, 0.717) is 12.1 Å². The van der Waals surface area contributed by atoms with Crippen molar-refractivity contribution in [1.29, 1.82) is 0 Å². The number of benzene rings is 2. The van der Waals surface area contributed by atoms with E-state index in [1.54, 1.807) is 45.0 Å². The summed E-state index contributed by atoms with van der Waals surface area (Å²) in [6, 6.07) is 13.6. The van der Waals surface area contributed by atoms with E-state index in [2.05, 4.69) is 0 Å². The molecule has 2 aromatic rings. The fraction of sp³-hybridized carbons (Fsp3) is 0.316. The molecule has 5 nitrogen and oxygen atoms in total. The van der Waals surface area contributed by atoms with Crippen molar-refractivity contribution in [1.82, 2.24) is 4.90 Å². The summed E-state index contributed by atoms with van der Waals surface area (Å²) >= 11 is 0. The molecule has 2 aromatic carbocycles. The maximum atomic E-state index is 12.5. The van der Waals surface area contributed by atoms with Gasteiger partial charge in [-0.1, -0.05) is 12.1 Å². The Hall–Kier alpha value is -2.34. The first kappa shape index (κ1) is 19.0. The molecule has 134 valence electrons. The molecule has 0 N–H and O–H groups in total. The van der Waals surface area contributed by atoms with E-state index in [1.165, 1.54) is 12.1 Å². The van der Waals surface area contributed by atoms with E-state index < -0.39 is 15.1 Å². The second-order valence-corrected chi connectivity index (χ2v) is 8.64. The summed E-state index contributed by atoms with van der Waals surface area (Å²) in [5, 5.41) is -0.496. The van der Waals surface area contributed by atoms with E-state index in [4.69, 9.17) is 4.74 Å². The summed E-state index contributed by atoms with van der Waals surface area (Å²) in [5.41, 5.74) is 1.40. The van der Waals surface area contributed by atoms with Gasteiger partial charge in [0.2, 0.25) is 0 Å². The Morgan fingerprint density at radius 3 is 2.32 bits per heavy atom. The highest BCUT2D eigenvalue weighted by atomic mass is 32.2. The molecule has 0 aliphatic heterocycles. The first-order chi connectivity index (χ1) is 11.8. The van der Waals surface area contributed by atoms with Crippen LogP contribution in [0.4, 0.5) is 0 Å². The number of nitrogens with zero attached hydrogens (tertiary/aromatic N) is 1. The lowest BCUT2D eigenvalue weighted by atomic mass is 10.1. The Morgan fingerprint density at radius 2 is 1.76 bits per heavy atom. The Morgan fingerprint density at radius 1 is 1.12 bits per heavy atom. The molecule has 0 fully saturated rings. The highest BCUT2D eigenvalue weighted by molar-refractivity contribution is 7.92. The van der Waals surface area contributed by atoms with Gasteiger partial charge in [0, 0.05) is 19.2 Å². The summed E-state index contributed by atoms with van der Waals surface area (Å²) in [4.78, 5) is 14.4. The van der Waals surface area contributed by atoms with Crippen LogP contribution in [0.1, 0.15) is 29.8 Å². The van der Waals surface area contributed by atoms with Gasteiger partial charge in [0.15, 0.2) is 9.84 Å². The molecule has 0 aliphatic rings. The van der Waals surface area contributed by atoms with Crippen molar-refractivity contribution >= 4 is 15.7 Å². The van der Waals surface area contributed by atoms with Gasteiger partial charge in [0.25, 0.3) is 5.91 Å². The predicted octanol–water partition coefficient (Wildman–Crippen LogP) is 3.15. The number of carbonyl (C=O) groups is 1. The zero-order valence-electron chi connectivity index (χ0n) is 14.9. The molecule has 6 heteroatoms. The van der Waals surface area contributed by atoms with Gasteiger partial charge in [-0.2, -0.15) is 0 Å². The molecular weight excluding hydrogens is 338 g/mol. The number of hydrogen-bond donors (Lipinski definition) is 0. The molecule has 0 atom stereocenters. The maximum Gasteiger partial charge on any atom is 0.253 e. The summed E-state index contributed by atoms with van der Waals surface area (Å²) in [5.74, 6) is 0.568. The van der Waals surface area contributed by atoms with Gasteiger partial charge in [-0.15, -0.1) is 0 Å². The van der Waals surface area contributed by atoms with Gasteiger partial charge in [0.1, 0.15) is 5.75 Å². The number of ether oxygens (including phenoxy) is 1. The third-order valence-corrected chi connectivity index (χ3v) is 6.12. The minimum Gasteiger partial charge on any atom is -0.497 e. The Labute approximate surface area is 149 Å². The molecule has 0 aromatic heterocycles. The minimum atomic E-state index is -3.33. The van der Waals surface area contributed by atoms with E-state index in [0.717, 1.165) is 11.3 Å². The zero-order chi connectivity index (χ0) is 18.6. The number of sulfone groups is 1. The highest BCUT2D eigenvalue weighted by Gasteiger charge is 2.20. The van der Waals surface area contributed by atoms with Crippen LogP contribution in [0.2, 0.25) is 0 Å². The topological polar surface area (TPSA) is 63.7 Å². The van der Waals surface area contributed by atoms with Crippen molar-refractivity contribution < 1.29 is 17.9 Å². The van der Waals surface area contributed by atoms with Crippen LogP contribution in [0.3, 0.4) is 0 Å². The van der Waals surface area contributed by atoms with Crippen molar-refractivity contribution in [2.75, 3.05) is 14.2 Å². The lowest BCUT2D eigenvalue weighted by Gasteiger charge is -2.18. The van der Waals surface area contributed by atoms with Crippen LogP contribution < -0.4 is 4.74 Å². The zero-order valence-corrected chi connectivity index (χ0v) is 15.7. The standard InChI is InChI=1S/C19H23NO4S/c1-14(2)25(22,23)18-10-8-16(9-11-18)19(21)20(3)13-15-6-5-7-17(12-15)24-4/h5-12,14H,13H2,1-4H3. The molecule has 0 unspecified atom stereocenters. The second kappa shape index (κ2) is 7.70. The van der Waals surface area contributed by atoms with Gasteiger partial charge in [-0.3, -0.25) is 4.79 Å². The largest absolute Gasteiger partial charge is 0.497 e.